The number of ether oxygens (including phenoxy) is 2. The molecule has 5 nitrogen and oxygen atoms in total. The van der Waals surface area contributed by atoms with Crippen LogP contribution in [0.3, 0.4) is 0 Å². The van der Waals surface area contributed by atoms with Crippen molar-refractivity contribution < 1.29 is 13.9 Å². The molecule has 3 aliphatic rings. The molecular formula is C19H27FIN3O2. The van der Waals surface area contributed by atoms with Crippen LogP contribution < -0.4 is 10.1 Å². The van der Waals surface area contributed by atoms with Gasteiger partial charge in [0, 0.05) is 32.2 Å². The highest BCUT2D eigenvalue weighted by Gasteiger charge is 2.43. The Morgan fingerprint density at radius 3 is 2.88 bits per heavy atom. The third-order valence-corrected chi connectivity index (χ3v) is 5.79. The summed E-state index contributed by atoms with van der Waals surface area (Å²) in [7, 11) is 1.83. The number of likely N-dealkylation sites (tertiary alicyclic amines) is 1. The van der Waals surface area contributed by atoms with Gasteiger partial charge >= 0.3 is 0 Å². The lowest BCUT2D eigenvalue weighted by Crippen LogP contribution is -2.43. The molecule has 1 aromatic rings. The maximum atomic E-state index is 13.8. The molecule has 1 aromatic carbocycles. The van der Waals surface area contributed by atoms with Crippen molar-refractivity contribution in [3.05, 3.63) is 29.1 Å². The van der Waals surface area contributed by atoms with Crippen LogP contribution in [0.1, 0.15) is 36.8 Å². The van der Waals surface area contributed by atoms with Gasteiger partial charge in [-0.15, -0.1) is 24.0 Å². The average Bonchev–Trinajstić information content (AvgIpc) is 3.04. The summed E-state index contributed by atoms with van der Waals surface area (Å²) in [6.45, 7) is 3.54. The highest BCUT2D eigenvalue weighted by atomic mass is 127. The zero-order valence-corrected chi connectivity index (χ0v) is 17.6. The second kappa shape index (κ2) is 8.29. The molecule has 144 valence electrons. The van der Waals surface area contributed by atoms with Crippen LogP contribution in [0.25, 0.3) is 0 Å². The van der Waals surface area contributed by atoms with E-state index in [2.05, 4.69) is 15.2 Å². The molecule has 2 heterocycles. The molecule has 0 unspecified atom stereocenters. The van der Waals surface area contributed by atoms with Crippen molar-refractivity contribution in [2.75, 3.05) is 33.5 Å². The molecule has 0 atom stereocenters. The summed E-state index contributed by atoms with van der Waals surface area (Å²) >= 11 is 0. The van der Waals surface area contributed by atoms with Gasteiger partial charge in [0.25, 0.3) is 0 Å². The minimum atomic E-state index is -0.237. The highest BCUT2D eigenvalue weighted by molar-refractivity contribution is 14.0. The van der Waals surface area contributed by atoms with Gasteiger partial charge in [0.2, 0.25) is 0 Å². The van der Waals surface area contributed by atoms with Crippen LogP contribution in [0, 0.1) is 11.2 Å². The number of guanidine groups is 1. The summed E-state index contributed by atoms with van der Waals surface area (Å²) in [6.07, 6.45) is 6.05. The third kappa shape index (κ3) is 3.93. The Balaban J connectivity index is 0.00000196. The second-order valence-electron chi connectivity index (χ2n) is 7.41. The number of halogens is 2. The number of hydrogen-bond donors (Lipinski definition) is 1. The minimum Gasteiger partial charge on any atom is -0.467 e. The zero-order valence-electron chi connectivity index (χ0n) is 15.2. The fourth-order valence-electron chi connectivity index (χ4n) is 4.28. The van der Waals surface area contributed by atoms with E-state index in [1.807, 2.05) is 7.05 Å². The van der Waals surface area contributed by atoms with Gasteiger partial charge < -0.3 is 19.7 Å². The third-order valence-electron chi connectivity index (χ3n) is 5.79. The Bertz CT molecular complexity index is 679. The first-order chi connectivity index (χ1) is 12.2. The lowest BCUT2D eigenvalue weighted by atomic mass is 9.68. The minimum absolute atomic E-state index is 0. The molecule has 1 aliphatic carbocycles. The molecule has 0 aromatic heterocycles. The maximum Gasteiger partial charge on any atom is 0.193 e. The number of benzene rings is 1. The quantitative estimate of drug-likeness (QED) is 0.414. The van der Waals surface area contributed by atoms with Crippen LogP contribution in [0.2, 0.25) is 0 Å². The molecular weight excluding hydrogens is 448 g/mol. The van der Waals surface area contributed by atoms with Crippen molar-refractivity contribution in [2.45, 2.75) is 38.7 Å². The van der Waals surface area contributed by atoms with Crippen LogP contribution >= 0.6 is 24.0 Å². The molecule has 0 amide bonds. The first-order valence-electron chi connectivity index (χ1n) is 9.17. The Morgan fingerprint density at radius 1 is 1.35 bits per heavy atom. The van der Waals surface area contributed by atoms with E-state index in [4.69, 9.17) is 9.47 Å². The van der Waals surface area contributed by atoms with E-state index >= 15 is 0 Å². The van der Waals surface area contributed by atoms with E-state index in [0.717, 1.165) is 35.9 Å². The van der Waals surface area contributed by atoms with Crippen molar-refractivity contribution in [3.63, 3.8) is 0 Å². The molecule has 1 spiro atoms. The zero-order chi connectivity index (χ0) is 17.3. The van der Waals surface area contributed by atoms with Crippen molar-refractivity contribution in [3.8, 4) is 5.75 Å². The summed E-state index contributed by atoms with van der Waals surface area (Å²) in [6, 6.07) is 3.06. The van der Waals surface area contributed by atoms with Crippen LogP contribution in [-0.2, 0) is 17.8 Å². The van der Waals surface area contributed by atoms with E-state index in [1.54, 1.807) is 6.07 Å². The van der Waals surface area contributed by atoms with Gasteiger partial charge in [-0.05, 0) is 48.8 Å². The van der Waals surface area contributed by atoms with Crippen LogP contribution in [0.4, 0.5) is 4.39 Å². The van der Waals surface area contributed by atoms with E-state index < -0.39 is 0 Å². The van der Waals surface area contributed by atoms with E-state index in [-0.39, 0.29) is 36.6 Å². The lowest BCUT2D eigenvalue weighted by molar-refractivity contribution is -0.0172. The number of nitrogens with zero attached hydrogens (tertiary/aromatic N) is 2. The number of hydrogen-bond acceptors (Lipinski definition) is 3. The van der Waals surface area contributed by atoms with Crippen molar-refractivity contribution in [2.24, 2.45) is 10.4 Å². The Morgan fingerprint density at radius 2 is 2.19 bits per heavy atom. The van der Waals surface area contributed by atoms with Crippen molar-refractivity contribution >= 4 is 29.9 Å². The smallest absolute Gasteiger partial charge is 0.193 e. The molecule has 1 N–H and O–H groups in total. The largest absolute Gasteiger partial charge is 0.467 e. The van der Waals surface area contributed by atoms with Gasteiger partial charge in [0.05, 0.1) is 6.61 Å². The van der Waals surface area contributed by atoms with Crippen LogP contribution in [-0.4, -0.2) is 44.3 Å². The first-order valence-corrected chi connectivity index (χ1v) is 9.17. The normalized spacial score (nSPS) is 20.8. The predicted molar refractivity (Wildman–Crippen MR) is 110 cm³/mol. The Labute approximate surface area is 171 Å². The molecule has 0 bridgehead atoms. The molecule has 1 saturated heterocycles. The second-order valence-corrected chi connectivity index (χ2v) is 7.41. The summed E-state index contributed by atoms with van der Waals surface area (Å²) in [5.41, 5.74) is 2.22. The van der Waals surface area contributed by atoms with Gasteiger partial charge in [0.1, 0.15) is 11.6 Å². The SMILES string of the molecule is CN=C(NCCc1cc(F)cc2c1OCOC2)N1CCC2(CCC2)C1.I. The molecule has 2 fully saturated rings. The fourth-order valence-corrected chi connectivity index (χ4v) is 4.28. The van der Waals surface area contributed by atoms with Gasteiger partial charge in [-0.25, -0.2) is 4.39 Å². The maximum absolute atomic E-state index is 13.8. The van der Waals surface area contributed by atoms with E-state index in [1.165, 1.54) is 31.7 Å². The van der Waals surface area contributed by atoms with Crippen molar-refractivity contribution in [1.82, 2.24) is 10.2 Å². The molecule has 7 heteroatoms. The molecule has 1 saturated carbocycles. The monoisotopic (exact) mass is 475 g/mol. The number of aliphatic imine (C=N–C) groups is 1. The van der Waals surface area contributed by atoms with E-state index in [0.29, 0.717) is 25.0 Å². The Hall–Kier alpha value is -1.09. The summed E-state index contributed by atoms with van der Waals surface area (Å²) < 4.78 is 24.6. The number of rotatable bonds is 3. The summed E-state index contributed by atoms with van der Waals surface area (Å²) in [4.78, 5) is 6.80. The topological polar surface area (TPSA) is 46.1 Å². The molecule has 0 radical (unpaired) electrons. The first kappa shape index (κ1) is 19.7. The van der Waals surface area contributed by atoms with Gasteiger partial charge in [0.15, 0.2) is 12.8 Å². The van der Waals surface area contributed by atoms with Crippen LogP contribution in [0.5, 0.6) is 5.75 Å². The summed E-state index contributed by atoms with van der Waals surface area (Å²) in [5, 5.41) is 3.44. The number of fused-ring (bicyclic) bond motifs is 1. The average molecular weight is 475 g/mol. The fraction of sp³-hybridized carbons (Fsp3) is 0.632. The predicted octanol–water partition coefficient (Wildman–Crippen LogP) is 3.30. The van der Waals surface area contributed by atoms with Crippen LogP contribution in [0.15, 0.2) is 17.1 Å². The van der Waals surface area contributed by atoms with Crippen molar-refractivity contribution in [1.29, 1.82) is 0 Å². The van der Waals surface area contributed by atoms with E-state index in [9.17, 15) is 4.39 Å². The highest BCUT2D eigenvalue weighted by Crippen LogP contribution is 2.47. The standard InChI is InChI=1S/C19H26FN3O2.HI/c1-21-18(23-8-6-19(12-23)4-2-5-19)22-7-3-14-9-16(20)10-15-11-24-13-25-17(14)15;/h9-10H,2-8,11-13H2,1H3,(H,21,22);1H. The van der Waals surface area contributed by atoms with Gasteiger partial charge in [-0.3, -0.25) is 4.99 Å². The summed E-state index contributed by atoms with van der Waals surface area (Å²) in [5.74, 6) is 1.50. The number of nitrogens with one attached hydrogen (secondary N) is 1. The molecule has 4 rings (SSSR count). The lowest BCUT2D eigenvalue weighted by Gasteiger charge is -2.38. The molecule has 2 aliphatic heterocycles. The molecule has 26 heavy (non-hydrogen) atoms. The van der Waals surface area contributed by atoms with Gasteiger partial charge in [-0.2, -0.15) is 0 Å². The van der Waals surface area contributed by atoms with Gasteiger partial charge in [-0.1, -0.05) is 6.42 Å². The Kier molecular flexibility index (Phi) is 6.27.